The van der Waals surface area contributed by atoms with E-state index in [4.69, 9.17) is 10.7 Å². The van der Waals surface area contributed by atoms with Crippen molar-refractivity contribution in [2.24, 2.45) is 0 Å². The van der Waals surface area contributed by atoms with E-state index in [-0.39, 0.29) is 16.8 Å². The summed E-state index contributed by atoms with van der Waals surface area (Å²) in [6.45, 7) is 5.67. The molecule has 0 aliphatic rings. The van der Waals surface area contributed by atoms with Crippen LogP contribution in [0.5, 0.6) is 0 Å². The average Bonchev–Trinajstić information content (AvgIpc) is 2.37. The fourth-order valence-electron chi connectivity index (χ4n) is 1.68. The van der Waals surface area contributed by atoms with Crippen LogP contribution < -0.4 is 0 Å². The largest absolute Gasteiger partial charge is 0.339 e. The molecule has 0 aliphatic heterocycles. The zero-order chi connectivity index (χ0) is 15.7. The van der Waals surface area contributed by atoms with Crippen LogP contribution in [0, 0.1) is 6.92 Å². The van der Waals surface area contributed by atoms with Crippen molar-refractivity contribution in [3.05, 3.63) is 27.7 Å². The van der Waals surface area contributed by atoms with Crippen molar-refractivity contribution in [2.75, 3.05) is 7.05 Å². The summed E-state index contributed by atoms with van der Waals surface area (Å²) in [6, 6.07) is 2.79. The van der Waals surface area contributed by atoms with Gasteiger partial charge in [0.1, 0.15) is 0 Å². The summed E-state index contributed by atoms with van der Waals surface area (Å²) in [7, 11) is 3.18. The molecular formula is C13H17BrClNO3S. The lowest BCUT2D eigenvalue weighted by molar-refractivity contribution is 0.0739. The first-order valence-corrected chi connectivity index (χ1v) is 9.21. The molecule has 1 amide bonds. The van der Waals surface area contributed by atoms with Crippen LogP contribution in [0.2, 0.25) is 0 Å². The predicted octanol–water partition coefficient (Wildman–Crippen LogP) is 3.56. The highest BCUT2D eigenvalue weighted by atomic mass is 79.9. The smallest absolute Gasteiger partial charge is 0.261 e. The molecule has 1 rings (SSSR count). The standard InChI is InChI=1S/C13H17BrClNO3S/c1-5-8(2)16(4)13(17)11-6-10(20(15,18)19)7-12(14)9(11)3/h6-8H,5H2,1-4H3. The molecule has 112 valence electrons. The van der Waals surface area contributed by atoms with Crippen molar-refractivity contribution in [1.29, 1.82) is 0 Å². The van der Waals surface area contributed by atoms with Crippen molar-refractivity contribution in [3.63, 3.8) is 0 Å². The van der Waals surface area contributed by atoms with Crippen LogP contribution in [0.25, 0.3) is 0 Å². The van der Waals surface area contributed by atoms with E-state index in [2.05, 4.69) is 15.9 Å². The first kappa shape index (κ1) is 17.5. The molecule has 0 saturated carbocycles. The summed E-state index contributed by atoms with van der Waals surface area (Å²) in [5, 5.41) is 0. The summed E-state index contributed by atoms with van der Waals surface area (Å²) in [4.78, 5) is 14.0. The Bertz CT molecular complexity index is 631. The topological polar surface area (TPSA) is 54.5 Å². The quantitative estimate of drug-likeness (QED) is 0.748. The van der Waals surface area contributed by atoms with Gasteiger partial charge in [-0.2, -0.15) is 0 Å². The van der Waals surface area contributed by atoms with Crippen LogP contribution >= 0.6 is 26.6 Å². The highest BCUT2D eigenvalue weighted by Crippen LogP contribution is 2.27. The van der Waals surface area contributed by atoms with Gasteiger partial charge in [-0.3, -0.25) is 4.79 Å². The highest BCUT2D eigenvalue weighted by molar-refractivity contribution is 9.10. The highest BCUT2D eigenvalue weighted by Gasteiger charge is 2.22. The molecule has 20 heavy (non-hydrogen) atoms. The summed E-state index contributed by atoms with van der Waals surface area (Å²) in [5.74, 6) is -0.222. The predicted molar refractivity (Wildman–Crippen MR) is 83.8 cm³/mol. The molecule has 1 atom stereocenters. The van der Waals surface area contributed by atoms with Gasteiger partial charge in [0.25, 0.3) is 15.0 Å². The van der Waals surface area contributed by atoms with Gasteiger partial charge in [0.2, 0.25) is 0 Å². The maximum absolute atomic E-state index is 12.5. The Hall–Kier alpha value is -0.590. The fourth-order valence-corrected chi connectivity index (χ4v) is 3.08. The number of benzene rings is 1. The number of hydrogen-bond donors (Lipinski definition) is 0. The summed E-state index contributed by atoms with van der Waals surface area (Å²) >= 11 is 3.27. The van der Waals surface area contributed by atoms with E-state index in [0.29, 0.717) is 15.6 Å². The van der Waals surface area contributed by atoms with Gasteiger partial charge in [0.15, 0.2) is 0 Å². The number of carbonyl (C=O) groups is 1. The zero-order valence-corrected chi connectivity index (χ0v) is 14.9. The maximum Gasteiger partial charge on any atom is 0.261 e. The normalized spacial score (nSPS) is 13.1. The Kier molecular flexibility index (Phi) is 5.63. The van der Waals surface area contributed by atoms with E-state index in [1.807, 2.05) is 13.8 Å². The van der Waals surface area contributed by atoms with Gasteiger partial charge in [0.05, 0.1) is 4.90 Å². The SMILES string of the molecule is CCC(C)N(C)C(=O)c1cc(S(=O)(=O)Cl)cc(Br)c1C. The summed E-state index contributed by atoms with van der Waals surface area (Å²) in [6.07, 6.45) is 0.815. The molecule has 0 spiro atoms. The third-order valence-electron chi connectivity index (χ3n) is 3.40. The molecule has 0 aliphatic carbocycles. The van der Waals surface area contributed by atoms with Gasteiger partial charge >= 0.3 is 0 Å². The van der Waals surface area contributed by atoms with Gasteiger partial charge in [-0.15, -0.1) is 0 Å². The Morgan fingerprint density at radius 2 is 2.00 bits per heavy atom. The molecule has 0 N–H and O–H groups in total. The molecule has 0 bridgehead atoms. The first-order chi connectivity index (χ1) is 9.09. The Morgan fingerprint density at radius 1 is 1.45 bits per heavy atom. The number of carbonyl (C=O) groups excluding carboxylic acids is 1. The molecule has 0 aromatic heterocycles. The van der Waals surface area contributed by atoms with E-state index in [1.54, 1.807) is 18.9 Å². The van der Waals surface area contributed by atoms with Crippen molar-refractivity contribution < 1.29 is 13.2 Å². The van der Waals surface area contributed by atoms with E-state index >= 15 is 0 Å². The van der Waals surface area contributed by atoms with E-state index in [1.165, 1.54) is 12.1 Å². The number of rotatable bonds is 4. The van der Waals surface area contributed by atoms with E-state index < -0.39 is 9.05 Å². The minimum atomic E-state index is -3.88. The molecule has 0 saturated heterocycles. The Morgan fingerprint density at radius 3 is 2.45 bits per heavy atom. The zero-order valence-electron chi connectivity index (χ0n) is 11.8. The van der Waals surface area contributed by atoms with Crippen LogP contribution in [0.4, 0.5) is 0 Å². The van der Waals surface area contributed by atoms with E-state index in [0.717, 1.165) is 6.42 Å². The van der Waals surface area contributed by atoms with Crippen molar-refractivity contribution in [3.8, 4) is 0 Å². The van der Waals surface area contributed by atoms with Crippen molar-refractivity contribution in [1.82, 2.24) is 4.90 Å². The fraction of sp³-hybridized carbons (Fsp3) is 0.462. The molecule has 0 fully saturated rings. The number of amides is 1. The Labute approximate surface area is 132 Å². The van der Waals surface area contributed by atoms with Crippen molar-refractivity contribution >= 4 is 41.6 Å². The second kappa shape index (κ2) is 6.45. The molecule has 4 nitrogen and oxygen atoms in total. The van der Waals surface area contributed by atoms with E-state index in [9.17, 15) is 13.2 Å². The first-order valence-electron chi connectivity index (χ1n) is 6.11. The lowest BCUT2D eigenvalue weighted by atomic mass is 10.1. The van der Waals surface area contributed by atoms with Crippen LogP contribution in [0.3, 0.4) is 0 Å². The molecule has 1 aromatic rings. The second-order valence-electron chi connectivity index (χ2n) is 4.69. The molecule has 1 unspecified atom stereocenters. The number of hydrogen-bond acceptors (Lipinski definition) is 3. The maximum atomic E-state index is 12.5. The second-order valence-corrected chi connectivity index (χ2v) is 8.11. The number of halogens is 2. The molecule has 0 heterocycles. The van der Waals surface area contributed by atoms with Gasteiger partial charge in [-0.25, -0.2) is 8.42 Å². The minimum absolute atomic E-state index is 0.0666. The lowest BCUT2D eigenvalue weighted by Gasteiger charge is -2.25. The van der Waals surface area contributed by atoms with Gasteiger partial charge in [-0.1, -0.05) is 22.9 Å². The van der Waals surface area contributed by atoms with Crippen LogP contribution in [0.1, 0.15) is 36.2 Å². The van der Waals surface area contributed by atoms with Gasteiger partial charge < -0.3 is 4.90 Å². The average molecular weight is 383 g/mol. The third kappa shape index (κ3) is 3.74. The van der Waals surface area contributed by atoms with Gasteiger partial charge in [-0.05, 0) is 38.0 Å². The molecular weight excluding hydrogens is 366 g/mol. The Balaban J connectivity index is 3.38. The van der Waals surface area contributed by atoms with Crippen LogP contribution in [-0.4, -0.2) is 32.3 Å². The monoisotopic (exact) mass is 381 g/mol. The molecule has 1 aromatic carbocycles. The van der Waals surface area contributed by atoms with Gasteiger partial charge in [0, 0.05) is 33.8 Å². The molecule has 0 radical (unpaired) electrons. The summed E-state index contributed by atoms with van der Waals surface area (Å²) in [5.41, 5.74) is 1.02. The minimum Gasteiger partial charge on any atom is -0.339 e. The summed E-state index contributed by atoms with van der Waals surface area (Å²) < 4.78 is 23.4. The van der Waals surface area contributed by atoms with Crippen LogP contribution in [-0.2, 0) is 9.05 Å². The lowest BCUT2D eigenvalue weighted by Crippen LogP contribution is -2.35. The third-order valence-corrected chi connectivity index (χ3v) is 5.56. The van der Waals surface area contributed by atoms with Crippen molar-refractivity contribution in [2.45, 2.75) is 38.1 Å². The number of nitrogens with zero attached hydrogens (tertiary/aromatic N) is 1. The van der Waals surface area contributed by atoms with Crippen LogP contribution in [0.15, 0.2) is 21.5 Å². The molecule has 7 heteroatoms.